The number of nitrogens with zero attached hydrogens (tertiary/aromatic N) is 4. The largest absolute Gasteiger partial charge is 0.451 e. The quantitative estimate of drug-likeness (QED) is 0.512. The molecule has 0 unspecified atom stereocenters. The summed E-state index contributed by atoms with van der Waals surface area (Å²) in [4.78, 5) is 25.5. The second-order valence-electron chi connectivity index (χ2n) is 6.21. The number of furan rings is 1. The summed E-state index contributed by atoms with van der Waals surface area (Å²) >= 11 is 0. The van der Waals surface area contributed by atoms with E-state index in [0.717, 1.165) is 10.4 Å². The number of rotatable bonds is 4. The van der Waals surface area contributed by atoms with Crippen LogP contribution in [0.5, 0.6) is 0 Å². The topological polar surface area (TPSA) is 115 Å². The van der Waals surface area contributed by atoms with Gasteiger partial charge in [-0.2, -0.15) is 4.80 Å². The zero-order chi connectivity index (χ0) is 20.4. The number of aromatic nitrogens is 4. The molecule has 4 aromatic rings. The number of carbonyl (C=O) groups is 2. The fourth-order valence-corrected chi connectivity index (χ4v) is 2.77. The van der Waals surface area contributed by atoms with Gasteiger partial charge in [0.05, 0.1) is 0 Å². The van der Waals surface area contributed by atoms with Gasteiger partial charge in [0.1, 0.15) is 17.9 Å². The van der Waals surface area contributed by atoms with Gasteiger partial charge in [0, 0.05) is 16.5 Å². The Hall–Kier alpha value is -4.08. The summed E-state index contributed by atoms with van der Waals surface area (Å²) in [5.74, 6) is -1.29. The lowest BCUT2D eigenvalue weighted by Gasteiger charge is -2.05. The minimum atomic E-state index is -0.663. The van der Waals surface area contributed by atoms with Gasteiger partial charge in [-0.05, 0) is 30.3 Å². The van der Waals surface area contributed by atoms with Crippen molar-refractivity contribution < 1.29 is 18.4 Å². The van der Waals surface area contributed by atoms with E-state index in [9.17, 15) is 14.0 Å². The maximum atomic E-state index is 13.4. The standard InChI is InChI=1S/C19H15FN6O3/c1-11-14-9-13(20)7-8-15(14)29-17(11)19(28)23-21-16(27)10-26-24-18(22-25-26)12-5-3-2-4-6-12/h2-9H,10H2,1H3,(H,21,27)(H,23,28). The molecule has 0 bridgehead atoms. The van der Waals surface area contributed by atoms with Crippen molar-refractivity contribution in [3.05, 3.63) is 65.7 Å². The predicted molar refractivity (Wildman–Crippen MR) is 99.8 cm³/mol. The number of benzene rings is 2. The molecule has 0 atom stereocenters. The molecule has 0 spiro atoms. The van der Waals surface area contributed by atoms with Gasteiger partial charge in [-0.1, -0.05) is 30.3 Å². The molecule has 2 N–H and O–H groups in total. The fraction of sp³-hybridized carbons (Fsp3) is 0.105. The van der Waals surface area contributed by atoms with E-state index < -0.39 is 17.6 Å². The highest BCUT2D eigenvalue weighted by Crippen LogP contribution is 2.25. The Morgan fingerprint density at radius 2 is 1.93 bits per heavy atom. The number of fused-ring (bicyclic) bond motifs is 1. The van der Waals surface area contributed by atoms with Crippen molar-refractivity contribution in [3.63, 3.8) is 0 Å². The molecule has 0 aliphatic heterocycles. The molecule has 9 nitrogen and oxygen atoms in total. The number of amides is 2. The highest BCUT2D eigenvalue weighted by molar-refractivity contribution is 5.99. The minimum Gasteiger partial charge on any atom is -0.451 e. The highest BCUT2D eigenvalue weighted by atomic mass is 19.1. The van der Waals surface area contributed by atoms with Crippen molar-refractivity contribution in [2.75, 3.05) is 0 Å². The number of hydrogen-bond acceptors (Lipinski definition) is 6. The molecule has 2 amide bonds. The number of tetrazole rings is 1. The van der Waals surface area contributed by atoms with Crippen LogP contribution in [0, 0.1) is 12.7 Å². The molecule has 2 aromatic carbocycles. The number of carbonyl (C=O) groups excluding carboxylic acids is 2. The van der Waals surface area contributed by atoms with Gasteiger partial charge in [-0.3, -0.25) is 20.4 Å². The second kappa shape index (κ2) is 7.50. The number of nitrogens with one attached hydrogen (secondary N) is 2. The summed E-state index contributed by atoms with van der Waals surface area (Å²) in [7, 11) is 0. The van der Waals surface area contributed by atoms with Crippen molar-refractivity contribution in [3.8, 4) is 11.4 Å². The Kier molecular flexibility index (Phi) is 4.73. The van der Waals surface area contributed by atoms with Crippen LogP contribution in [0.3, 0.4) is 0 Å². The molecule has 0 fully saturated rings. The Balaban J connectivity index is 1.38. The Bertz CT molecular complexity index is 1200. The first kappa shape index (κ1) is 18.3. The van der Waals surface area contributed by atoms with Crippen molar-refractivity contribution in [1.82, 2.24) is 31.1 Å². The van der Waals surface area contributed by atoms with Crippen LogP contribution < -0.4 is 10.9 Å². The number of aryl methyl sites for hydroxylation is 1. The lowest BCUT2D eigenvalue weighted by Crippen LogP contribution is -2.43. The third-order valence-electron chi connectivity index (χ3n) is 4.19. The Labute approximate surface area is 163 Å². The number of halogens is 1. The van der Waals surface area contributed by atoms with E-state index in [2.05, 4.69) is 26.3 Å². The number of hydrazine groups is 1. The van der Waals surface area contributed by atoms with Crippen molar-refractivity contribution in [1.29, 1.82) is 0 Å². The van der Waals surface area contributed by atoms with Crippen LogP contribution in [0.1, 0.15) is 16.1 Å². The van der Waals surface area contributed by atoms with Crippen LogP contribution in [-0.4, -0.2) is 32.0 Å². The van der Waals surface area contributed by atoms with Gasteiger partial charge in [0.2, 0.25) is 5.82 Å². The summed E-state index contributed by atoms with van der Waals surface area (Å²) in [5, 5.41) is 12.3. The molecule has 4 rings (SSSR count). The average molecular weight is 394 g/mol. The van der Waals surface area contributed by atoms with Gasteiger partial charge in [0.15, 0.2) is 5.76 Å². The van der Waals surface area contributed by atoms with Crippen LogP contribution in [0.2, 0.25) is 0 Å². The molecule has 146 valence electrons. The summed E-state index contributed by atoms with van der Waals surface area (Å²) in [6.07, 6.45) is 0. The molecule has 0 radical (unpaired) electrons. The molecular formula is C19H15FN6O3. The second-order valence-corrected chi connectivity index (χ2v) is 6.21. The average Bonchev–Trinajstić information content (AvgIpc) is 3.32. The maximum absolute atomic E-state index is 13.4. The van der Waals surface area contributed by atoms with E-state index in [0.29, 0.717) is 22.4 Å². The smallest absolute Gasteiger partial charge is 0.305 e. The molecule has 2 aromatic heterocycles. The molecule has 10 heteroatoms. The van der Waals surface area contributed by atoms with Crippen LogP contribution >= 0.6 is 0 Å². The van der Waals surface area contributed by atoms with Gasteiger partial charge in [-0.15, -0.1) is 10.2 Å². The van der Waals surface area contributed by atoms with E-state index in [4.69, 9.17) is 4.42 Å². The Morgan fingerprint density at radius 3 is 2.72 bits per heavy atom. The maximum Gasteiger partial charge on any atom is 0.305 e. The highest BCUT2D eigenvalue weighted by Gasteiger charge is 2.19. The summed E-state index contributed by atoms with van der Waals surface area (Å²) in [5.41, 5.74) is 6.13. The molecule has 2 heterocycles. The van der Waals surface area contributed by atoms with Crippen LogP contribution in [0.4, 0.5) is 4.39 Å². The fourth-order valence-electron chi connectivity index (χ4n) is 2.77. The SMILES string of the molecule is Cc1c(C(=O)NNC(=O)Cn2nnc(-c3ccccc3)n2)oc2ccc(F)cc12. The lowest BCUT2D eigenvalue weighted by atomic mass is 10.1. The minimum absolute atomic E-state index is 0.0175. The van der Waals surface area contributed by atoms with E-state index in [1.54, 1.807) is 6.92 Å². The first-order chi connectivity index (χ1) is 14.0. The Morgan fingerprint density at radius 1 is 1.14 bits per heavy atom. The van der Waals surface area contributed by atoms with Gasteiger partial charge in [-0.25, -0.2) is 4.39 Å². The van der Waals surface area contributed by atoms with Crippen molar-refractivity contribution in [2.45, 2.75) is 13.5 Å². The van der Waals surface area contributed by atoms with E-state index in [1.807, 2.05) is 30.3 Å². The van der Waals surface area contributed by atoms with Gasteiger partial charge in [0.25, 0.3) is 5.91 Å². The summed E-state index contributed by atoms with van der Waals surface area (Å²) in [6.45, 7) is 1.39. The zero-order valence-electron chi connectivity index (χ0n) is 15.2. The van der Waals surface area contributed by atoms with Gasteiger partial charge >= 0.3 is 5.91 Å². The van der Waals surface area contributed by atoms with Crippen LogP contribution in [0.15, 0.2) is 52.9 Å². The molecule has 0 aliphatic carbocycles. The van der Waals surface area contributed by atoms with Crippen LogP contribution in [0.25, 0.3) is 22.4 Å². The monoisotopic (exact) mass is 394 g/mol. The van der Waals surface area contributed by atoms with E-state index in [-0.39, 0.29) is 12.3 Å². The first-order valence-corrected chi connectivity index (χ1v) is 8.62. The van der Waals surface area contributed by atoms with Crippen molar-refractivity contribution >= 4 is 22.8 Å². The lowest BCUT2D eigenvalue weighted by molar-refractivity contribution is -0.122. The van der Waals surface area contributed by atoms with E-state index in [1.165, 1.54) is 18.2 Å². The van der Waals surface area contributed by atoms with Gasteiger partial charge < -0.3 is 4.42 Å². The molecular weight excluding hydrogens is 379 g/mol. The summed E-state index contributed by atoms with van der Waals surface area (Å²) in [6, 6.07) is 13.2. The van der Waals surface area contributed by atoms with Crippen molar-refractivity contribution in [2.24, 2.45) is 0 Å². The summed E-state index contributed by atoms with van der Waals surface area (Å²) < 4.78 is 18.8. The molecule has 0 saturated carbocycles. The molecule has 0 saturated heterocycles. The van der Waals surface area contributed by atoms with Crippen LogP contribution in [-0.2, 0) is 11.3 Å². The zero-order valence-corrected chi connectivity index (χ0v) is 15.2. The normalized spacial score (nSPS) is 10.8. The third-order valence-corrected chi connectivity index (χ3v) is 4.19. The van der Waals surface area contributed by atoms with E-state index >= 15 is 0 Å². The first-order valence-electron chi connectivity index (χ1n) is 8.62. The third kappa shape index (κ3) is 3.81. The molecule has 29 heavy (non-hydrogen) atoms. The molecule has 0 aliphatic rings. The number of hydrogen-bond donors (Lipinski definition) is 2. The predicted octanol–water partition coefficient (Wildman–Crippen LogP) is 2.00.